The van der Waals surface area contributed by atoms with Crippen molar-refractivity contribution in [3.63, 3.8) is 0 Å². The van der Waals surface area contributed by atoms with E-state index in [1.807, 2.05) is 24.3 Å². The fourth-order valence-electron chi connectivity index (χ4n) is 11.1. The Kier molecular flexibility index (Phi) is 9.38. The van der Waals surface area contributed by atoms with Crippen LogP contribution in [0.5, 0.6) is 11.5 Å². The van der Waals surface area contributed by atoms with Gasteiger partial charge in [0.1, 0.15) is 11.5 Å². The van der Waals surface area contributed by atoms with Gasteiger partial charge < -0.3 is 19.3 Å². The number of hydrogen-bond donors (Lipinski definition) is 0. The van der Waals surface area contributed by atoms with Gasteiger partial charge in [0.15, 0.2) is 0 Å². The minimum absolute atomic E-state index is 0.177. The van der Waals surface area contributed by atoms with Gasteiger partial charge in [0.25, 0.3) is 0 Å². The normalized spacial score (nSPS) is 15.0. The van der Waals surface area contributed by atoms with E-state index in [1.54, 1.807) is 14.2 Å². The number of methoxy groups -OCH3 is 2. The average molecular weight is 890 g/mol. The minimum atomic E-state index is -0.424. The van der Waals surface area contributed by atoms with E-state index in [2.05, 4.69) is 185 Å². The van der Waals surface area contributed by atoms with E-state index >= 15 is 0 Å². The number of fused-ring (bicyclic) bond motifs is 9. The summed E-state index contributed by atoms with van der Waals surface area (Å²) in [6, 6.07) is 56.5. The molecule has 65 heavy (non-hydrogen) atoms. The van der Waals surface area contributed by atoms with Gasteiger partial charge in [0, 0.05) is 51.1 Å². The van der Waals surface area contributed by atoms with E-state index in [-0.39, 0.29) is 10.8 Å². The smallest absolute Gasteiger partial charge is 0.120 e. The second-order valence-electron chi connectivity index (χ2n) is 19.2. The zero-order chi connectivity index (χ0) is 45.2. The van der Waals surface area contributed by atoms with Crippen molar-refractivity contribution in [3.05, 3.63) is 201 Å². The number of rotatable bonds is 8. The lowest BCUT2D eigenvalue weighted by Crippen LogP contribution is -2.19. The van der Waals surface area contributed by atoms with Crippen molar-refractivity contribution in [1.29, 1.82) is 0 Å². The summed E-state index contributed by atoms with van der Waals surface area (Å²) in [7, 11) is 3.42. The quantitative estimate of drug-likeness (QED) is 0.152. The van der Waals surface area contributed by atoms with E-state index in [0.29, 0.717) is 10.0 Å². The third-order valence-electron chi connectivity index (χ3n) is 14.6. The molecular weight excluding hydrogens is 840 g/mol. The topological polar surface area (TPSA) is 24.9 Å². The van der Waals surface area contributed by atoms with Crippen molar-refractivity contribution >= 4 is 57.3 Å². The Balaban J connectivity index is 1.06. The zero-order valence-electron chi connectivity index (χ0n) is 38.0. The first-order valence-corrected chi connectivity index (χ1v) is 23.0. The molecule has 0 saturated heterocycles. The average Bonchev–Trinajstić information content (AvgIpc) is 3.78. The van der Waals surface area contributed by atoms with Crippen LogP contribution >= 0.6 is 23.2 Å². The van der Waals surface area contributed by atoms with Gasteiger partial charge >= 0.3 is 0 Å². The molecule has 3 aliphatic rings. The largest absolute Gasteiger partial charge is 0.497 e. The molecule has 0 spiro atoms. The summed E-state index contributed by atoms with van der Waals surface area (Å²) < 4.78 is 11.6. The first-order chi connectivity index (χ1) is 31.2. The van der Waals surface area contributed by atoms with Crippen molar-refractivity contribution in [2.45, 2.75) is 57.8 Å². The van der Waals surface area contributed by atoms with Gasteiger partial charge in [-0.15, -0.1) is 0 Å². The maximum absolute atomic E-state index is 7.57. The number of halogens is 2. The summed E-state index contributed by atoms with van der Waals surface area (Å²) in [6.45, 7) is 13.9. The van der Waals surface area contributed by atoms with Gasteiger partial charge in [-0.25, -0.2) is 0 Å². The Bertz CT molecular complexity index is 3060. The van der Waals surface area contributed by atoms with E-state index in [0.717, 1.165) is 56.8 Å². The molecule has 3 aliphatic carbocycles. The molecule has 0 N–H and O–H groups in total. The van der Waals surface area contributed by atoms with Crippen LogP contribution in [0.3, 0.4) is 0 Å². The highest BCUT2D eigenvalue weighted by molar-refractivity contribution is 6.35. The lowest BCUT2D eigenvalue weighted by Gasteiger charge is -2.31. The first-order valence-electron chi connectivity index (χ1n) is 22.3. The number of benzene rings is 8. The third-order valence-corrected chi connectivity index (χ3v) is 15.2. The molecule has 0 aromatic heterocycles. The summed E-state index contributed by atoms with van der Waals surface area (Å²) in [5.74, 6) is 1.54. The number of ether oxygens (including phenoxy) is 2. The Morgan fingerprint density at radius 3 is 1.11 bits per heavy atom. The number of anilines is 6. The summed E-state index contributed by atoms with van der Waals surface area (Å²) in [6.07, 6.45) is 0. The molecule has 0 radical (unpaired) electrons. The molecule has 8 aromatic carbocycles. The molecule has 0 fully saturated rings. The molecule has 4 nitrogen and oxygen atoms in total. The van der Waals surface area contributed by atoms with Crippen LogP contribution in [0.1, 0.15) is 74.9 Å². The van der Waals surface area contributed by atoms with E-state index in [4.69, 9.17) is 32.7 Å². The zero-order valence-corrected chi connectivity index (χ0v) is 39.5. The highest BCUT2D eigenvalue weighted by Gasteiger charge is 2.41. The molecule has 322 valence electrons. The second-order valence-corrected chi connectivity index (χ2v) is 20.0. The minimum Gasteiger partial charge on any atom is -0.497 e. The van der Waals surface area contributed by atoms with Gasteiger partial charge in [-0.2, -0.15) is 0 Å². The van der Waals surface area contributed by atoms with Crippen LogP contribution in [-0.4, -0.2) is 14.2 Å². The molecular formula is C59H50Cl2N2O2. The lowest BCUT2D eigenvalue weighted by atomic mass is 9.81. The van der Waals surface area contributed by atoms with Gasteiger partial charge in [-0.1, -0.05) is 138 Å². The number of nitrogens with zero attached hydrogens (tertiary/aromatic N) is 2. The molecule has 0 amide bonds. The van der Waals surface area contributed by atoms with Crippen molar-refractivity contribution < 1.29 is 9.47 Å². The molecule has 0 unspecified atom stereocenters. The highest BCUT2D eigenvalue weighted by Crippen LogP contribution is 2.58. The summed E-state index contributed by atoms with van der Waals surface area (Å²) >= 11 is 15.1. The molecule has 6 heteroatoms. The van der Waals surface area contributed by atoms with Crippen molar-refractivity contribution in [1.82, 2.24) is 0 Å². The monoisotopic (exact) mass is 888 g/mol. The van der Waals surface area contributed by atoms with E-state index in [1.165, 1.54) is 55.6 Å². The fraction of sp³-hybridized carbons (Fsp3) is 0.186. The van der Waals surface area contributed by atoms with Crippen LogP contribution in [0.15, 0.2) is 158 Å². The van der Waals surface area contributed by atoms with Gasteiger partial charge in [0.2, 0.25) is 0 Å². The van der Waals surface area contributed by atoms with Crippen LogP contribution in [0.4, 0.5) is 34.1 Å². The SMILES string of the molecule is COc1cccc(N(c2ccc3c(c2)C(C)(C)c2ccccc2-3)c2cc3c(cc2Cl)-c2cc(Cl)c(N(c4cccc(OC)c4)c4ccc5c(c4)C(C)(C)c4ccccc4-5)cc2C3(C)C)c1. The summed E-state index contributed by atoms with van der Waals surface area (Å²) in [5, 5.41) is 1.27. The van der Waals surface area contributed by atoms with Crippen LogP contribution in [0.2, 0.25) is 10.0 Å². The second kappa shape index (κ2) is 14.8. The molecule has 0 saturated carbocycles. The Morgan fingerprint density at radius 1 is 0.338 bits per heavy atom. The maximum Gasteiger partial charge on any atom is 0.120 e. The predicted molar refractivity (Wildman–Crippen MR) is 272 cm³/mol. The first kappa shape index (κ1) is 41.3. The third kappa shape index (κ3) is 6.18. The van der Waals surface area contributed by atoms with Gasteiger partial charge in [-0.3, -0.25) is 0 Å². The molecule has 8 aromatic rings. The summed E-state index contributed by atoms with van der Waals surface area (Å²) in [4.78, 5) is 4.56. The van der Waals surface area contributed by atoms with Crippen LogP contribution in [-0.2, 0) is 16.2 Å². The van der Waals surface area contributed by atoms with Crippen LogP contribution in [0.25, 0.3) is 33.4 Å². The molecule has 0 heterocycles. The lowest BCUT2D eigenvalue weighted by molar-refractivity contribution is 0.415. The van der Waals surface area contributed by atoms with E-state index < -0.39 is 5.41 Å². The number of hydrogen-bond acceptors (Lipinski definition) is 4. The van der Waals surface area contributed by atoms with Crippen molar-refractivity contribution in [2.75, 3.05) is 24.0 Å². The van der Waals surface area contributed by atoms with Crippen LogP contribution < -0.4 is 19.3 Å². The van der Waals surface area contributed by atoms with E-state index in [9.17, 15) is 0 Å². The molecule has 11 rings (SSSR count). The predicted octanol–water partition coefficient (Wildman–Crippen LogP) is 16.9. The van der Waals surface area contributed by atoms with Crippen LogP contribution in [0, 0.1) is 0 Å². The fourth-order valence-corrected chi connectivity index (χ4v) is 11.6. The Labute approximate surface area is 392 Å². The highest BCUT2D eigenvalue weighted by atomic mass is 35.5. The maximum atomic E-state index is 7.57. The van der Waals surface area contributed by atoms with Crippen molar-refractivity contribution in [3.8, 4) is 44.9 Å². The van der Waals surface area contributed by atoms with Crippen molar-refractivity contribution in [2.24, 2.45) is 0 Å². The molecule has 0 bridgehead atoms. The molecule has 0 aliphatic heterocycles. The Hall–Kier alpha value is -6.46. The van der Waals surface area contributed by atoms with Gasteiger partial charge in [0.05, 0.1) is 35.6 Å². The standard InChI is InChI=1S/C59H50Cl2N2O2/c1-57(2)47-21-11-9-19-41(47)43-25-23-37(29-49(43)57)62(35-15-13-17-39(27-35)64-7)55-33-51-45(31-53(55)60)46-32-54(61)56(34-52(46)59(51,5)6)63(36-16-14-18-40(28-36)65-8)38-24-26-44-42-20-10-12-22-48(42)58(3,4)50(44)30-38/h9-34H,1-8H3. The Morgan fingerprint density at radius 2 is 0.692 bits per heavy atom. The summed E-state index contributed by atoms with van der Waals surface area (Å²) in [5.41, 5.74) is 19.8. The van der Waals surface area contributed by atoms with Gasteiger partial charge in [-0.05, 0) is 140 Å². The molecule has 0 atom stereocenters.